The molecule has 1 heteroatoms. The molecule has 0 aliphatic carbocycles. The minimum Gasteiger partial charge on any atom is -0.313 e. The molecule has 0 spiro atoms. The third-order valence-corrected chi connectivity index (χ3v) is 2.55. The molecule has 0 bridgehead atoms. The summed E-state index contributed by atoms with van der Waals surface area (Å²) in [6.45, 7) is 6.52. The Kier molecular flexibility index (Phi) is 2.88. The van der Waals surface area contributed by atoms with Gasteiger partial charge in [0.25, 0.3) is 0 Å². The van der Waals surface area contributed by atoms with Crippen LogP contribution in [0.4, 0.5) is 0 Å². The van der Waals surface area contributed by atoms with Crippen LogP contribution in [0, 0.1) is 13.8 Å². The van der Waals surface area contributed by atoms with E-state index in [0.717, 1.165) is 0 Å². The summed E-state index contributed by atoms with van der Waals surface area (Å²) >= 11 is 0. The second-order valence-corrected chi connectivity index (χ2v) is 3.30. The molecule has 0 unspecified atom stereocenters. The minimum atomic E-state index is 0.449. The highest BCUT2D eigenvalue weighted by atomic mass is 14.9. The standard InChI is InChI=1S/C11H17N/c1-8-6-5-7-11(9(8)2)10(3)12-4/h5-7,10,12H,1-4H3/t10-/m1/s1. The normalized spacial score (nSPS) is 13.0. The smallest absolute Gasteiger partial charge is 0.0291 e. The van der Waals surface area contributed by atoms with E-state index in [4.69, 9.17) is 0 Å². The molecule has 0 heterocycles. The predicted octanol–water partition coefficient (Wildman–Crippen LogP) is 2.58. The van der Waals surface area contributed by atoms with Gasteiger partial charge in [-0.05, 0) is 44.5 Å². The van der Waals surface area contributed by atoms with Gasteiger partial charge in [-0.1, -0.05) is 18.2 Å². The second kappa shape index (κ2) is 3.72. The van der Waals surface area contributed by atoms with Gasteiger partial charge >= 0.3 is 0 Å². The van der Waals surface area contributed by atoms with E-state index in [-0.39, 0.29) is 0 Å². The molecule has 0 saturated carbocycles. The number of aryl methyl sites for hydroxylation is 1. The third-order valence-electron chi connectivity index (χ3n) is 2.55. The van der Waals surface area contributed by atoms with Crippen LogP contribution >= 0.6 is 0 Å². The fraction of sp³-hybridized carbons (Fsp3) is 0.455. The maximum absolute atomic E-state index is 3.25. The molecule has 1 aromatic rings. The topological polar surface area (TPSA) is 12.0 Å². The summed E-state index contributed by atoms with van der Waals surface area (Å²) in [7, 11) is 1.99. The fourth-order valence-electron chi connectivity index (χ4n) is 1.40. The zero-order valence-electron chi connectivity index (χ0n) is 8.31. The van der Waals surface area contributed by atoms with Crippen molar-refractivity contribution in [2.45, 2.75) is 26.8 Å². The molecule has 1 aromatic carbocycles. The molecule has 1 atom stereocenters. The van der Waals surface area contributed by atoms with Gasteiger partial charge in [0, 0.05) is 6.04 Å². The first-order valence-electron chi connectivity index (χ1n) is 4.40. The molecule has 0 saturated heterocycles. The van der Waals surface area contributed by atoms with Crippen LogP contribution in [0.3, 0.4) is 0 Å². The predicted molar refractivity (Wildman–Crippen MR) is 53.4 cm³/mol. The molecule has 0 aliphatic heterocycles. The van der Waals surface area contributed by atoms with Gasteiger partial charge in [-0.3, -0.25) is 0 Å². The van der Waals surface area contributed by atoms with E-state index < -0.39 is 0 Å². The highest BCUT2D eigenvalue weighted by Gasteiger charge is 2.05. The summed E-state index contributed by atoms with van der Waals surface area (Å²) in [4.78, 5) is 0. The van der Waals surface area contributed by atoms with Gasteiger partial charge in [0.2, 0.25) is 0 Å². The van der Waals surface area contributed by atoms with Crippen molar-refractivity contribution in [2.24, 2.45) is 0 Å². The molecular weight excluding hydrogens is 146 g/mol. The van der Waals surface area contributed by atoms with Gasteiger partial charge in [-0.25, -0.2) is 0 Å². The Balaban J connectivity index is 3.07. The summed E-state index contributed by atoms with van der Waals surface area (Å²) in [6, 6.07) is 6.90. The van der Waals surface area contributed by atoms with E-state index in [9.17, 15) is 0 Å². The SMILES string of the molecule is CN[C@H](C)c1cccc(C)c1C. The van der Waals surface area contributed by atoms with Crippen LogP contribution < -0.4 is 5.32 Å². The Morgan fingerprint density at radius 3 is 2.50 bits per heavy atom. The molecule has 0 aliphatic rings. The Hall–Kier alpha value is -0.820. The average molecular weight is 163 g/mol. The van der Waals surface area contributed by atoms with E-state index in [1.807, 2.05) is 7.05 Å². The monoisotopic (exact) mass is 163 g/mol. The van der Waals surface area contributed by atoms with Gasteiger partial charge in [-0.2, -0.15) is 0 Å². The lowest BCUT2D eigenvalue weighted by Crippen LogP contribution is -2.13. The number of benzene rings is 1. The third kappa shape index (κ3) is 1.67. The van der Waals surface area contributed by atoms with Crippen LogP contribution in [-0.2, 0) is 0 Å². The molecule has 0 amide bonds. The molecule has 12 heavy (non-hydrogen) atoms. The Morgan fingerprint density at radius 2 is 1.92 bits per heavy atom. The maximum Gasteiger partial charge on any atom is 0.0291 e. The number of hydrogen-bond donors (Lipinski definition) is 1. The molecule has 1 N–H and O–H groups in total. The van der Waals surface area contributed by atoms with Gasteiger partial charge < -0.3 is 5.32 Å². The molecule has 0 aromatic heterocycles. The van der Waals surface area contributed by atoms with Crippen molar-refractivity contribution in [3.8, 4) is 0 Å². The molecule has 66 valence electrons. The molecular formula is C11H17N. The average Bonchev–Trinajstić information content (AvgIpc) is 2.08. The summed E-state index contributed by atoms with van der Waals surface area (Å²) < 4.78 is 0. The van der Waals surface area contributed by atoms with Crippen LogP contribution in [0.15, 0.2) is 18.2 Å². The zero-order valence-corrected chi connectivity index (χ0v) is 8.31. The molecule has 0 radical (unpaired) electrons. The molecule has 1 nitrogen and oxygen atoms in total. The maximum atomic E-state index is 3.25. The van der Waals surface area contributed by atoms with Crippen molar-refractivity contribution >= 4 is 0 Å². The van der Waals surface area contributed by atoms with Gasteiger partial charge in [0.1, 0.15) is 0 Å². The van der Waals surface area contributed by atoms with Crippen LogP contribution in [0.5, 0.6) is 0 Å². The quantitative estimate of drug-likeness (QED) is 0.706. The Labute approximate surface area is 74.8 Å². The van der Waals surface area contributed by atoms with Crippen molar-refractivity contribution in [1.82, 2.24) is 5.32 Å². The highest BCUT2D eigenvalue weighted by Crippen LogP contribution is 2.19. The number of rotatable bonds is 2. The summed E-state index contributed by atoms with van der Waals surface area (Å²) in [5.74, 6) is 0. The van der Waals surface area contributed by atoms with Gasteiger partial charge in [-0.15, -0.1) is 0 Å². The largest absolute Gasteiger partial charge is 0.313 e. The Morgan fingerprint density at radius 1 is 1.25 bits per heavy atom. The second-order valence-electron chi connectivity index (χ2n) is 3.30. The lowest BCUT2D eigenvalue weighted by atomic mass is 9.99. The van der Waals surface area contributed by atoms with E-state index in [1.165, 1.54) is 16.7 Å². The first-order chi connectivity index (χ1) is 5.66. The first kappa shape index (κ1) is 9.27. The minimum absolute atomic E-state index is 0.449. The summed E-state index contributed by atoms with van der Waals surface area (Å²) in [5.41, 5.74) is 4.17. The zero-order chi connectivity index (χ0) is 9.14. The van der Waals surface area contributed by atoms with Crippen LogP contribution in [-0.4, -0.2) is 7.05 Å². The van der Waals surface area contributed by atoms with E-state index in [1.54, 1.807) is 0 Å². The molecule has 0 fully saturated rings. The van der Waals surface area contributed by atoms with Crippen molar-refractivity contribution in [2.75, 3.05) is 7.05 Å². The number of nitrogens with one attached hydrogen (secondary N) is 1. The van der Waals surface area contributed by atoms with Crippen molar-refractivity contribution in [1.29, 1.82) is 0 Å². The summed E-state index contributed by atoms with van der Waals surface area (Å²) in [6.07, 6.45) is 0. The lowest BCUT2D eigenvalue weighted by Gasteiger charge is -2.14. The highest BCUT2D eigenvalue weighted by molar-refractivity contribution is 5.34. The van der Waals surface area contributed by atoms with E-state index in [0.29, 0.717) is 6.04 Å². The molecule has 1 rings (SSSR count). The lowest BCUT2D eigenvalue weighted by molar-refractivity contribution is 0.648. The van der Waals surface area contributed by atoms with Crippen molar-refractivity contribution in [3.63, 3.8) is 0 Å². The van der Waals surface area contributed by atoms with Crippen molar-refractivity contribution < 1.29 is 0 Å². The number of hydrogen-bond acceptors (Lipinski definition) is 1. The van der Waals surface area contributed by atoms with Crippen molar-refractivity contribution in [3.05, 3.63) is 34.9 Å². The first-order valence-corrected chi connectivity index (χ1v) is 4.40. The van der Waals surface area contributed by atoms with E-state index in [2.05, 4.69) is 44.3 Å². The van der Waals surface area contributed by atoms with E-state index >= 15 is 0 Å². The Bertz CT molecular complexity index is 266. The van der Waals surface area contributed by atoms with Crippen LogP contribution in [0.25, 0.3) is 0 Å². The van der Waals surface area contributed by atoms with Crippen LogP contribution in [0.2, 0.25) is 0 Å². The van der Waals surface area contributed by atoms with Gasteiger partial charge in [0.05, 0.1) is 0 Å². The summed E-state index contributed by atoms with van der Waals surface area (Å²) in [5, 5.41) is 3.25. The van der Waals surface area contributed by atoms with Gasteiger partial charge in [0.15, 0.2) is 0 Å². The fourth-order valence-corrected chi connectivity index (χ4v) is 1.40. The van der Waals surface area contributed by atoms with Crippen LogP contribution in [0.1, 0.15) is 29.7 Å².